The predicted molar refractivity (Wildman–Crippen MR) is 91.9 cm³/mol. The number of nitrogens with zero attached hydrogens (tertiary/aromatic N) is 1. The lowest BCUT2D eigenvalue weighted by Crippen LogP contribution is -1.81. The van der Waals surface area contributed by atoms with Crippen LogP contribution in [0.3, 0.4) is 0 Å². The SMILES string of the molecule is CCCCCCC[N+]#Cc1ccc(-c2ccccc2)cc1. The van der Waals surface area contributed by atoms with Crippen LogP contribution in [-0.4, -0.2) is 6.54 Å². The van der Waals surface area contributed by atoms with Gasteiger partial charge in [-0.15, -0.1) is 0 Å². The zero-order valence-corrected chi connectivity index (χ0v) is 12.9. The molecule has 0 amide bonds. The largest absolute Gasteiger partial charge is 0.311 e. The highest BCUT2D eigenvalue weighted by atomic mass is 14.6. The van der Waals surface area contributed by atoms with Crippen LogP contribution in [0.15, 0.2) is 54.6 Å². The van der Waals surface area contributed by atoms with Gasteiger partial charge in [0.05, 0.1) is 0 Å². The maximum absolute atomic E-state index is 4.39. The molecule has 1 nitrogen and oxygen atoms in total. The summed E-state index contributed by atoms with van der Waals surface area (Å²) in [6, 6.07) is 22.0. The van der Waals surface area contributed by atoms with Crippen molar-refractivity contribution in [2.75, 3.05) is 6.54 Å². The van der Waals surface area contributed by atoms with Gasteiger partial charge in [0, 0.05) is 6.42 Å². The molecule has 0 unspecified atom stereocenters. The Bertz CT molecular complexity index is 573. The maximum Gasteiger partial charge on any atom is 0.311 e. The second-order valence-electron chi connectivity index (χ2n) is 5.35. The molecule has 0 aliphatic rings. The zero-order valence-electron chi connectivity index (χ0n) is 12.9. The van der Waals surface area contributed by atoms with Crippen LogP contribution in [0, 0.1) is 6.07 Å². The number of hydrogen-bond acceptors (Lipinski definition) is 0. The van der Waals surface area contributed by atoms with Gasteiger partial charge < -0.3 is 0 Å². The molecule has 0 heterocycles. The Hall–Kier alpha value is -2.07. The molecular formula is C20H24N+. The van der Waals surface area contributed by atoms with E-state index in [2.05, 4.69) is 66.4 Å². The van der Waals surface area contributed by atoms with E-state index in [-0.39, 0.29) is 0 Å². The third-order valence-corrected chi connectivity index (χ3v) is 3.57. The fourth-order valence-corrected chi connectivity index (χ4v) is 2.31. The molecule has 0 spiro atoms. The second-order valence-corrected chi connectivity index (χ2v) is 5.35. The number of hydrogen-bond donors (Lipinski definition) is 0. The van der Waals surface area contributed by atoms with Gasteiger partial charge in [-0.25, -0.2) is 0 Å². The lowest BCUT2D eigenvalue weighted by atomic mass is 10.0. The minimum atomic E-state index is 0.893. The number of benzene rings is 2. The molecule has 0 radical (unpaired) electrons. The first-order chi connectivity index (χ1) is 10.4. The highest BCUT2D eigenvalue weighted by Gasteiger charge is 1.99. The van der Waals surface area contributed by atoms with Gasteiger partial charge in [0.25, 0.3) is 6.54 Å². The second kappa shape index (κ2) is 8.97. The highest BCUT2D eigenvalue weighted by Crippen LogP contribution is 2.18. The van der Waals surface area contributed by atoms with E-state index in [0.717, 1.165) is 12.1 Å². The van der Waals surface area contributed by atoms with Gasteiger partial charge in [0.15, 0.2) is 0 Å². The van der Waals surface area contributed by atoms with E-state index in [1.165, 1.54) is 43.2 Å². The first-order valence-corrected chi connectivity index (χ1v) is 7.98. The van der Waals surface area contributed by atoms with E-state index < -0.39 is 0 Å². The molecule has 108 valence electrons. The fourth-order valence-electron chi connectivity index (χ4n) is 2.31. The van der Waals surface area contributed by atoms with Crippen molar-refractivity contribution < 1.29 is 0 Å². The summed E-state index contributed by atoms with van der Waals surface area (Å²) in [5, 5.41) is 0. The molecule has 21 heavy (non-hydrogen) atoms. The predicted octanol–water partition coefficient (Wildman–Crippen LogP) is 6.01. The molecule has 2 aromatic rings. The molecule has 0 fully saturated rings. The highest BCUT2D eigenvalue weighted by molar-refractivity contribution is 5.64. The number of rotatable bonds is 6. The summed E-state index contributed by atoms with van der Waals surface area (Å²) < 4.78 is 0. The van der Waals surface area contributed by atoms with Crippen molar-refractivity contribution in [2.45, 2.75) is 39.0 Å². The maximum atomic E-state index is 4.39. The van der Waals surface area contributed by atoms with Crippen molar-refractivity contribution in [3.05, 3.63) is 65.0 Å². The average molecular weight is 278 g/mol. The third kappa shape index (κ3) is 5.44. The summed E-state index contributed by atoms with van der Waals surface area (Å²) >= 11 is 0. The first kappa shape index (κ1) is 15.3. The summed E-state index contributed by atoms with van der Waals surface area (Å²) in [5.74, 6) is 0. The topological polar surface area (TPSA) is 4.36 Å². The summed E-state index contributed by atoms with van der Waals surface area (Å²) in [4.78, 5) is 4.39. The van der Waals surface area contributed by atoms with Gasteiger partial charge in [0.2, 0.25) is 0 Å². The third-order valence-electron chi connectivity index (χ3n) is 3.57. The Morgan fingerprint density at radius 3 is 2.14 bits per heavy atom. The van der Waals surface area contributed by atoms with Crippen LogP contribution in [-0.2, 0) is 0 Å². The molecule has 0 saturated heterocycles. The van der Waals surface area contributed by atoms with E-state index in [4.69, 9.17) is 0 Å². The first-order valence-electron chi connectivity index (χ1n) is 7.98. The minimum Gasteiger partial charge on any atom is -0.0780 e. The van der Waals surface area contributed by atoms with Crippen LogP contribution in [0.1, 0.15) is 44.6 Å². The Kier molecular flexibility index (Phi) is 6.55. The lowest BCUT2D eigenvalue weighted by molar-refractivity contribution is 0.651. The molecule has 0 aromatic heterocycles. The molecule has 0 aliphatic carbocycles. The van der Waals surface area contributed by atoms with E-state index in [1.54, 1.807) is 0 Å². The van der Waals surface area contributed by atoms with E-state index in [0.29, 0.717) is 0 Å². The van der Waals surface area contributed by atoms with Crippen molar-refractivity contribution in [1.29, 1.82) is 0 Å². The average Bonchev–Trinajstić information content (AvgIpc) is 2.55. The molecule has 0 saturated carbocycles. The van der Waals surface area contributed by atoms with Gasteiger partial charge in [-0.3, -0.25) is 0 Å². The van der Waals surface area contributed by atoms with Crippen LogP contribution in [0.4, 0.5) is 0 Å². The van der Waals surface area contributed by atoms with E-state index in [1.807, 2.05) is 6.07 Å². The van der Waals surface area contributed by atoms with Crippen LogP contribution in [0.5, 0.6) is 0 Å². The summed E-state index contributed by atoms with van der Waals surface area (Å²) in [5.41, 5.74) is 3.54. The smallest absolute Gasteiger partial charge is 0.0780 e. The number of unbranched alkanes of at least 4 members (excludes halogenated alkanes) is 4. The molecule has 0 atom stereocenters. The molecule has 0 N–H and O–H groups in total. The normalized spacial score (nSPS) is 9.95. The molecule has 1 heteroatoms. The summed E-state index contributed by atoms with van der Waals surface area (Å²) in [6.45, 7) is 3.13. The standard InChI is InChI=1S/C20H24N/c1-2-3-4-5-9-16-21-17-18-12-14-20(15-13-18)19-10-7-6-8-11-19/h6-8,10-15H,2-5,9,16H2,1H3/q+1. The van der Waals surface area contributed by atoms with Crippen LogP contribution >= 0.6 is 0 Å². The van der Waals surface area contributed by atoms with Crippen molar-refractivity contribution in [2.24, 2.45) is 0 Å². The lowest BCUT2D eigenvalue weighted by Gasteiger charge is -1.99. The summed E-state index contributed by atoms with van der Waals surface area (Å²) in [7, 11) is 0. The molecule has 2 rings (SSSR count). The Balaban J connectivity index is 1.83. The monoisotopic (exact) mass is 278 g/mol. The van der Waals surface area contributed by atoms with Gasteiger partial charge in [-0.1, -0.05) is 73.5 Å². The molecule has 2 aromatic carbocycles. The minimum absolute atomic E-state index is 0.893. The molecule has 0 aliphatic heterocycles. The van der Waals surface area contributed by atoms with Crippen LogP contribution in [0.25, 0.3) is 16.0 Å². The van der Waals surface area contributed by atoms with Gasteiger partial charge in [-0.05, 0) is 29.7 Å². The van der Waals surface area contributed by atoms with Crippen molar-refractivity contribution >= 4 is 0 Å². The van der Waals surface area contributed by atoms with Crippen LogP contribution in [0.2, 0.25) is 0 Å². The zero-order chi connectivity index (χ0) is 14.8. The Labute approximate surface area is 128 Å². The van der Waals surface area contributed by atoms with Crippen molar-refractivity contribution in [3.8, 4) is 17.2 Å². The van der Waals surface area contributed by atoms with E-state index >= 15 is 0 Å². The van der Waals surface area contributed by atoms with Gasteiger partial charge >= 0.3 is 6.07 Å². The Morgan fingerprint density at radius 1 is 0.762 bits per heavy atom. The quantitative estimate of drug-likeness (QED) is 0.570. The van der Waals surface area contributed by atoms with Crippen molar-refractivity contribution in [1.82, 2.24) is 0 Å². The van der Waals surface area contributed by atoms with E-state index in [9.17, 15) is 0 Å². The molecular weight excluding hydrogens is 254 g/mol. The molecule has 0 bridgehead atoms. The summed E-state index contributed by atoms with van der Waals surface area (Å²) in [6.07, 6.45) is 6.43. The van der Waals surface area contributed by atoms with Gasteiger partial charge in [-0.2, -0.15) is 0 Å². The Morgan fingerprint density at radius 2 is 1.43 bits per heavy atom. The van der Waals surface area contributed by atoms with Gasteiger partial charge in [0.1, 0.15) is 5.56 Å². The fraction of sp³-hybridized carbons (Fsp3) is 0.350. The van der Waals surface area contributed by atoms with Crippen LogP contribution < -0.4 is 0 Å². The van der Waals surface area contributed by atoms with Crippen molar-refractivity contribution in [3.63, 3.8) is 0 Å².